The molecule has 38 heavy (non-hydrogen) atoms. The Labute approximate surface area is 226 Å². The quantitative estimate of drug-likeness (QED) is 0.182. The van der Waals surface area contributed by atoms with Crippen molar-refractivity contribution in [3.05, 3.63) is 101 Å². The molecule has 3 rings (SSSR count). The molecule has 6 heteroatoms. The fraction of sp³-hybridized carbons (Fsp3) is 0.375. The maximum absolute atomic E-state index is 11.8. The molecule has 0 saturated heterocycles. The van der Waals surface area contributed by atoms with E-state index in [2.05, 4.69) is 42.2 Å². The molecule has 0 saturated carbocycles. The lowest BCUT2D eigenvalue weighted by atomic mass is 10.1. The lowest BCUT2D eigenvalue weighted by molar-refractivity contribution is -0.140. The number of para-hydroxylation sites is 1. The summed E-state index contributed by atoms with van der Waals surface area (Å²) in [4.78, 5) is 25.7. The molecule has 0 heterocycles. The summed E-state index contributed by atoms with van der Waals surface area (Å²) in [5.74, 6) is 0.389. The molecule has 0 N–H and O–H groups in total. The summed E-state index contributed by atoms with van der Waals surface area (Å²) < 4.78 is 15.8. The Morgan fingerprint density at radius 3 is 2.13 bits per heavy atom. The lowest BCUT2D eigenvalue weighted by Crippen LogP contribution is -2.27. The largest absolute Gasteiger partial charge is 0.489 e. The number of unbranched alkanes of at least 4 members (excludes halogenated alkanes) is 1. The molecule has 3 aromatic carbocycles. The van der Waals surface area contributed by atoms with E-state index >= 15 is 0 Å². The van der Waals surface area contributed by atoms with Gasteiger partial charge in [-0.25, -0.2) is 4.79 Å². The molecular weight excluding hydrogens is 478 g/mol. The van der Waals surface area contributed by atoms with Crippen LogP contribution in [-0.4, -0.2) is 44.1 Å². The van der Waals surface area contributed by atoms with Gasteiger partial charge in [0, 0.05) is 19.5 Å². The second-order valence-corrected chi connectivity index (χ2v) is 9.31. The van der Waals surface area contributed by atoms with E-state index in [1.165, 1.54) is 25.3 Å². The number of aryl methyl sites for hydroxylation is 1. The summed E-state index contributed by atoms with van der Waals surface area (Å²) in [5, 5.41) is 0. The number of esters is 2. The molecule has 3 aromatic rings. The van der Waals surface area contributed by atoms with E-state index in [0.717, 1.165) is 62.2 Å². The van der Waals surface area contributed by atoms with Crippen molar-refractivity contribution in [1.29, 1.82) is 0 Å². The van der Waals surface area contributed by atoms with Crippen LogP contribution >= 0.6 is 0 Å². The van der Waals surface area contributed by atoms with Gasteiger partial charge in [0.1, 0.15) is 12.4 Å². The molecule has 0 bridgehead atoms. The van der Waals surface area contributed by atoms with Crippen LogP contribution in [0.5, 0.6) is 5.75 Å². The monoisotopic (exact) mass is 517 g/mol. The van der Waals surface area contributed by atoms with Gasteiger partial charge in [-0.3, -0.25) is 9.69 Å². The molecule has 202 valence electrons. The van der Waals surface area contributed by atoms with Crippen molar-refractivity contribution < 1.29 is 23.8 Å². The Kier molecular flexibility index (Phi) is 11.9. The number of nitrogens with zero attached hydrogens (tertiary/aromatic N) is 1. The lowest BCUT2D eigenvalue weighted by Gasteiger charge is -2.23. The average Bonchev–Trinajstić information content (AvgIpc) is 2.97. The van der Waals surface area contributed by atoms with Crippen molar-refractivity contribution in [2.45, 2.75) is 52.2 Å². The van der Waals surface area contributed by atoms with Gasteiger partial charge in [0.2, 0.25) is 0 Å². The minimum absolute atomic E-state index is 0.176. The Morgan fingerprint density at radius 2 is 1.45 bits per heavy atom. The SMILES string of the molecule is CCc1ccc(COc2ccccc2CCN(CCCCC(=O)OC)Cc2ccc(C(=O)OC)cc2)cc1. The van der Waals surface area contributed by atoms with Gasteiger partial charge in [-0.15, -0.1) is 0 Å². The Balaban J connectivity index is 1.63. The number of rotatable bonds is 15. The number of benzene rings is 3. The number of hydrogen-bond acceptors (Lipinski definition) is 6. The smallest absolute Gasteiger partial charge is 0.337 e. The third-order valence-electron chi connectivity index (χ3n) is 6.61. The summed E-state index contributed by atoms with van der Waals surface area (Å²) in [7, 11) is 2.81. The third kappa shape index (κ3) is 9.34. The van der Waals surface area contributed by atoms with Crippen molar-refractivity contribution in [3.8, 4) is 5.75 Å². The van der Waals surface area contributed by atoms with E-state index < -0.39 is 0 Å². The molecule has 0 radical (unpaired) electrons. The number of carbonyl (C=O) groups is 2. The normalized spacial score (nSPS) is 10.8. The molecule has 0 spiro atoms. The summed E-state index contributed by atoms with van der Waals surface area (Å²) in [6.07, 6.45) is 3.96. The van der Waals surface area contributed by atoms with Gasteiger partial charge in [-0.05, 0) is 72.7 Å². The topological polar surface area (TPSA) is 65.1 Å². The van der Waals surface area contributed by atoms with Crippen LogP contribution in [0.3, 0.4) is 0 Å². The van der Waals surface area contributed by atoms with Gasteiger partial charge in [-0.2, -0.15) is 0 Å². The van der Waals surface area contributed by atoms with Crippen LogP contribution in [0.2, 0.25) is 0 Å². The summed E-state index contributed by atoms with van der Waals surface area (Å²) in [6.45, 7) is 5.12. The molecule has 0 aliphatic carbocycles. The van der Waals surface area contributed by atoms with Crippen LogP contribution in [0.15, 0.2) is 72.8 Å². The van der Waals surface area contributed by atoms with Crippen molar-refractivity contribution in [2.24, 2.45) is 0 Å². The van der Waals surface area contributed by atoms with Gasteiger partial charge in [0.05, 0.1) is 19.8 Å². The van der Waals surface area contributed by atoms with E-state index in [-0.39, 0.29) is 11.9 Å². The maximum Gasteiger partial charge on any atom is 0.337 e. The van der Waals surface area contributed by atoms with Crippen LogP contribution in [0.25, 0.3) is 0 Å². The van der Waals surface area contributed by atoms with Gasteiger partial charge >= 0.3 is 11.9 Å². The summed E-state index contributed by atoms with van der Waals surface area (Å²) in [5.41, 5.74) is 5.29. The third-order valence-corrected chi connectivity index (χ3v) is 6.61. The van der Waals surface area contributed by atoms with Gasteiger partial charge in [0.15, 0.2) is 0 Å². The van der Waals surface area contributed by atoms with Gasteiger partial charge in [0.25, 0.3) is 0 Å². The standard InChI is InChI=1S/C32H39NO5/c1-4-25-12-14-27(15-13-25)24-38-30-10-6-5-9-28(30)20-22-33(21-8-7-11-31(34)36-2)23-26-16-18-29(19-17-26)32(35)37-3/h5-6,9-10,12-19H,4,7-8,11,20-24H2,1-3H3. The average molecular weight is 518 g/mol. The predicted octanol–water partition coefficient (Wildman–Crippen LogP) is 6.00. The highest BCUT2D eigenvalue weighted by molar-refractivity contribution is 5.89. The van der Waals surface area contributed by atoms with Crippen LogP contribution in [0.4, 0.5) is 0 Å². The number of carbonyl (C=O) groups excluding carboxylic acids is 2. The van der Waals surface area contributed by atoms with E-state index in [0.29, 0.717) is 18.6 Å². The molecule has 0 amide bonds. The number of methoxy groups -OCH3 is 2. The molecule has 0 aromatic heterocycles. The van der Waals surface area contributed by atoms with E-state index in [1.54, 1.807) is 12.1 Å². The van der Waals surface area contributed by atoms with Crippen molar-refractivity contribution in [2.75, 3.05) is 27.3 Å². The van der Waals surface area contributed by atoms with E-state index in [1.807, 2.05) is 30.3 Å². The number of ether oxygens (including phenoxy) is 3. The molecule has 0 unspecified atom stereocenters. The first-order chi connectivity index (χ1) is 18.5. The fourth-order valence-electron chi connectivity index (χ4n) is 4.26. The first-order valence-corrected chi connectivity index (χ1v) is 13.3. The minimum atomic E-state index is -0.339. The molecule has 0 atom stereocenters. The second kappa shape index (κ2) is 15.6. The van der Waals surface area contributed by atoms with Crippen LogP contribution in [-0.2, 0) is 40.3 Å². The number of hydrogen-bond donors (Lipinski definition) is 0. The maximum atomic E-state index is 11.8. The molecule has 6 nitrogen and oxygen atoms in total. The van der Waals surface area contributed by atoms with E-state index in [4.69, 9.17) is 14.2 Å². The van der Waals surface area contributed by atoms with Crippen LogP contribution < -0.4 is 4.74 Å². The molecule has 0 fully saturated rings. The summed E-state index contributed by atoms with van der Waals surface area (Å²) in [6, 6.07) is 24.3. The predicted molar refractivity (Wildman–Crippen MR) is 149 cm³/mol. The van der Waals surface area contributed by atoms with Gasteiger partial charge in [-0.1, -0.05) is 61.5 Å². The zero-order valence-electron chi connectivity index (χ0n) is 22.8. The molecule has 0 aliphatic heterocycles. The zero-order chi connectivity index (χ0) is 27.2. The molecule has 0 aliphatic rings. The van der Waals surface area contributed by atoms with Crippen molar-refractivity contribution in [1.82, 2.24) is 4.90 Å². The highest BCUT2D eigenvalue weighted by Gasteiger charge is 2.12. The Hall–Kier alpha value is -3.64. The van der Waals surface area contributed by atoms with Gasteiger partial charge < -0.3 is 14.2 Å². The highest BCUT2D eigenvalue weighted by atomic mass is 16.5. The highest BCUT2D eigenvalue weighted by Crippen LogP contribution is 2.21. The first kappa shape index (κ1) is 28.9. The second-order valence-electron chi connectivity index (χ2n) is 9.31. The summed E-state index contributed by atoms with van der Waals surface area (Å²) >= 11 is 0. The fourth-order valence-corrected chi connectivity index (χ4v) is 4.26. The zero-order valence-corrected chi connectivity index (χ0v) is 22.8. The Bertz CT molecular complexity index is 1140. The first-order valence-electron chi connectivity index (χ1n) is 13.3. The van der Waals surface area contributed by atoms with Crippen LogP contribution in [0.1, 0.15) is 58.8 Å². The minimum Gasteiger partial charge on any atom is -0.489 e. The van der Waals surface area contributed by atoms with E-state index in [9.17, 15) is 9.59 Å². The van der Waals surface area contributed by atoms with Crippen molar-refractivity contribution in [3.63, 3.8) is 0 Å². The van der Waals surface area contributed by atoms with Crippen molar-refractivity contribution >= 4 is 11.9 Å². The van der Waals surface area contributed by atoms with Crippen LogP contribution in [0, 0.1) is 0 Å². The Morgan fingerprint density at radius 1 is 0.763 bits per heavy atom. The molecular formula is C32H39NO5.